The molecule has 3 nitrogen and oxygen atoms in total. The van der Waals surface area contributed by atoms with Crippen molar-refractivity contribution < 1.29 is 4.39 Å². The third-order valence-electron chi connectivity index (χ3n) is 4.80. The Hall–Kier alpha value is -0.970. The number of piperazine rings is 1. The first-order valence-corrected chi connectivity index (χ1v) is 7.72. The summed E-state index contributed by atoms with van der Waals surface area (Å²) in [6.45, 7) is 4.82. The van der Waals surface area contributed by atoms with Crippen molar-refractivity contribution >= 4 is 0 Å². The summed E-state index contributed by atoms with van der Waals surface area (Å²) in [5.41, 5.74) is 6.70. The van der Waals surface area contributed by atoms with Crippen molar-refractivity contribution in [3.8, 4) is 0 Å². The summed E-state index contributed by atoms with van der Waals surface area (Å²) in [5, 5.41) is 0. The van der Waals surface area contributed by atoms with Gasteiger partial charge < -0.3 is 5.73 Å². The molecule has 2 fully saturated rings. The summed E-state index contributed by atoms with van der Waals surface area (Å²) in [5.74, 6) is -0.131. The van der Waals surface area contributed by atoms with Crippen molar-refractivity contribution in [1.29, 1.82) is 0 Å². The molecule has 2 heterocycles. The molecule has 20 heavy (non-hydrogen) atoms. The molecular formula is C16H24FN3. The lowest BCUT2D eigenvalue weighted by molar-refractivity contribution is 0.0279. The van der Waals surface area contributed by atoms with Crippen LogP contribution in [-0.2, 0) is 0 Å². The van der Waals surface area contributed by atoms with Gasteiger partial charge in [0.25, 0.3) is 0 Å². The van der Waals surface area contributed by atoms with Crippen molar-refractivity contribution in [1.82, 2.24) is 9.80 Å². The van der Waals surface area contributed by atoms with Gasteiger partial charge in [-0.25, -0.2) is 4.39 Å². The van der Waals surface area contributed by atoms with E-state index in [1.807, 2.05) is 12.1 Å². The van der Waals surface area contributed by atoms with E-state index in [0.717, 1.165) is 25.2 Å². The Morgan fingerprint density at radius 1 is 1.20 bits per heavy atom. The first-order chi connectivity index (χ1) is 9.79. The van der Waals surface area contributed by atoms with E-state index in [1.165, 1.54) is 31.9 Å². The van der Waals surface area contributed by atoms with Crippen LogP contribution in [0.2, 0.25) is 0 Å². The molecule has 2 aliphatic heterocycles. The second kappa shape index (κ2) is 6.20. The average molecular weight is 277 g/mol. The summed E-state index contributed by atoms with van der Waals surface area (Å²) < 4.78 is 14.0. The molecule has 2 saturated heterocycles. The van der Waals surface area contributed by atoms with Gasteiger partial charge in [0.05, 0.1) is 6.04 Å². The monoisotopic (exact) mass is 277 g/mol. The molecule has 3 rings (SSSR count). The molecule has 2 unspecified atom stereocenters. The zero-order valence-corrected chi connectivity index (χ0v) is 12.0. The van der Waals surface area contributed by atoms with Gasteiger partial charge in [-0.2, -0.15) is 0 Å². The van der Waals surface area contributed by atoms with E-state index >= 15 is 0 Å². The number of hydrogen-bond donors (Lipinski definition) is 1. The maximum Gasteiger partial charge on any atom is 0.128 e. The van der Waals surface area contributed by atoms with Crippen LogP contribution in [0, 0.1) is 5.82 Å². The lowest BCUT2D eigenvalue weighted by atomic mass is 9.96. The third-order valence-corrected chi connectivity index (χ3v) is 4.80. The van der Waals surface area contributed by atoms with Crippen LogP contribution in [-0.4, -0.2) is 48.6 Å². The van der Waals surface area contributed by atoms with Gasteiger partial charge in [-0.15, -0.1) is 0 Å². The quantitative estimate of drug-likeness (QED) is 0.917. The van der Waals surface area contributed by atoms with Crippen LogP contribution >= 0.6 is 0 Å². The Bertz CT molecular complexity index is 451. The minimum Gasteiger partial charge on any atom is -0.329 e. The van der Waals surface area contributed by atoms with E-state index in [9.17, 15) is 4.39 Å². The van der Waals surface area contributed by atoms with Crippen LogP contribution in [0.25, 0.3) is 0 Å². The van der Waals surface area contributed by atoms with Gasteiger partial charge >= 0.3 is 0 Å². The molecule has 1 aromatic carbocycles. The maximum absolute atomic E-state index is 14.0. The Morgan fingerprint density at radius 3 is 2.85 bits per heavy atom. The second-order valence-corrected chi connectivity index (χ2v) is 5.95. The predicted octanol–water partition coefficient (Wildman–Crippen LogP) is 2.00. The van der Waals surface area contributed by atoms with E-state index in [1.54, 1.807) is 6.07 Å². The van der Waals surface area contributed by atoms with E-state index in [-0.39, 0.29) is 11.9 Å². The smallest absolute Gasteiger partial charge is 0.128 e. The topological polar surface area (TPSA) is 32.5 Å². The highest BCUT2D eigenvalue weighted by molar-refractivity contribution is 5.22. The van der Waals surface area contributed by atoms with Crippen molar-refractivity contribution in [2.75, 3.05) is 32.7 Å². The fraction of sp³-hybridized carbons (Fsp3) is 0.625. The first kappa shape index (κ1) is 14.0. The number of fused-ring (bicyclic) bond motifs is 1. The van der Waals surface area contributed by atoms with Gasteiger partial charge in [-0.1, -0.05) is 24.6 Å². The Balaban J connectivity index is 1.75. The molecule has 4 heteroatoms. The van der Waals surface area contributed by atoms with Crippen LogP contribution in [0.3, 0.4) is 0 Å². The molecule has 0 aliphatic carbocycles. The lowest BCUT2D eigenvalue weighted by Crippen LogP contribution is -2.56. The van der Waals surface area contributed by atoms with Gasteiger partial charge in [0, 0.05) is 37.8 Å². The Morgan fingerprint density at radius 2 is 2.05 bits per heavy atom. The molecule has 0 amide bonds. The number of halogens is 1. The van der Waals surface area contributed by atoms with Crippen LogP contribution in [0.4, 0.5) is 4.39 Å². The third kappa shape index (κ3) is 2.73. The van der Waals surface area contributed by atoms with E-state index in [4.69, 9.17) is 5.73 Å². The van der Waals surface area contributed by atoms with Gasteiger partial charge in [0.2, 0.25) is 0 Å². The first-order valence-electron chi connectivity index (χ1n) is 7.72. The summed E-state index contributed by atoms with van der Waals surface area (Å²) in [4.78, 5) is 4.97. The van der Waals surface area contributed by atoms with Gasteiger partial charge in [0.1, 0.15) is 5.82 Å². The molecule has 0 saturated carbocycles. The Kier molecular flexibility index (Phi) is 4.34. The minimum atomic E-state index is -0.131. The molecule has 0 radical (unpaired) electrons. The summed E-state index contributed by atoms with van der Waals surface area (Å²) in [7, 11) is 0. The normalized spacial score (nSPS) is 26.2. The van der Waals surface area contributed by atoms with Crippen molar-refractivity contribution in [3.05, 3.63) is 35.6 Å². The molecule has 2 aliphatic rings. The number of nitrogens with zero attached hydrogens (tertiary/aromatic N) is 2. The Labute approximate surface area is 120 Å². The van der Waals surface area contributed by atoms with Crippen LogP contribution in [0.5, 0.6) is 0 Å². The summed E-state index contributed by atoms with van der Waals surface area (Å²) >= 11 is 0. The average Bonchev–Trinajstić information content (AvgIpc) is 2.50. The van der Waals surface area contributed by atoms with Crippen molar-refractivity contribution in [3.63, 3.8) is 0 Å². The highest BCUT2D eigenvalue weighted by Gasteiger charge is 2.32. The highest BCUT2D eigenvalue weighted by atomic mass is 19.1. The van der Waals surface area contributed by atoms with Crippen LogP contribution in [0.15, 0.2) is 24.3 Å². The SMILES string of the molecule is NCC(c1ccccc1F)N1CCN2CCCCC2C1. The number of piperidine rings is 1. The van der Waals surface area contributed by atoms with Crippen LogP contribution in [0.1, 0.15) is 30.9 Å². The molecule has 1 aromatic rings. The van der Waals surface area contributed by atoms with Crippen molar-refractivity contribution in [2.24, 2.45) is 5.73 Å². The van der Waals surface area contributed by atoms with Gasteiger partial charge in [-0.05, 0) is 25.5 Å². The highest BCUT2D eigenvalue weighted by Crippen LogP contribution is 2.28. The largest absolute Gasteiger partial charge is 0.329 e. The van der Waals surface area contributed by atoms with Gasteiger partial charge in [0.15, 0.2) is 0 Å². The zero-order valence-electron chi connectivity index (χ0n) is 12.0. The number of benzene rings is 1. The molecule has 110 valence electrons. The minimum absolute atomic E-state index is 0.0141. The van der Waals surface area contributed by atoms with Gasteiger partial charge in [-0.3, -0.25) is 9.80 Å². The fourth-order valence-electron chi connectivity index (χ4n) is 3.68. The van der Waals surface area contributed by atoms with Crippen LogP contribution < -0.4 is 5.73 Å². The number of nitrogens with two attached hydrogens (primary N) is 1. The molecule has 2 atom stereocenters. The van der Waals surface area contributed by atoms with E-state index in [0.29, 0.717) is 12.6 Å². The summed E-state index contributed by atoms with van der Waals surface area (Å²) in [6, 6.07) is 7.71. The number of hydrogen-bond acceptors (Lipinski definition) is 3. The molecule has 0 bridgehead atoms. The molecule has 0 aromatic heterocycles. The number of rotatable bonds is 3. The fourth-order valence-corrected chi connectivity index (χ4v) is 3.68. The maximum atomic E-state index is 14.0. The molecule has 0 spiro atoms. The predicted molar refractivity (Wildman–Crippen MR) is 79.0 cm³/mol. The summed E-state index contributed by atoms with van der Waals surface area (Å²) in [6.07, 6.45) is 3.91. The van der Waals surface area contributed by atoms with E-state index in [2.05, 4.69) is 9.80 Å². The van der Waals surface area contributed by atoms with E-state index < -0.39 is 0 Å². The van der Waals surface area contributed by atoms with Crippen molar-refractivity contribution in [2.45, 2.75) is 31.3 Å². The molecule has 2 N–H and O–H groups in total. The second-order valence-electron chi connectivity index (χ2n) is 5.95. The molecular weight excluding hydrogens is 253 g/mol. The standard InChI is InChI=1S/C16H24FN3/c17-15-7-2-1-6-14(15)16(11-18)20-10-9-19-8-4-3-5-13(19)12-20/h1-2,6-7,13,16H,3-5,8-12,18H2. The zero-order chi connectivity index (χ0) is 13.9. The lowest BCUT2D eigenvalue weighted by Gasteiger charge is -2.46.